The molecule has 4 rings (SSSR count). The zero-order valence-electron chi connectivity index (χ0n) is 15.7. The van der Waals surface area contributed by atoms with E-state index < -0.39 is 0 Å². The van der Waals surface area contributed by atoms with Gasteiger partial charge < -0.3 is 20.3 Å². The van der Waals surface area contributed by atoms with Crippen molar-refractivity contribution >= 4 is 46.5 Å². The van der Waals surface area contributed by atoms with E-state index in [9.17, 15) is 4.79 Å². The lowest BCUT2D eigenvalue weighted by molar-refractivity contribution is -0.125. The summed E-state index contributed by atoms with van der Waals surface area (Å²) >= 11 is 6.05. The highest BCUT2D eigenvalue weighted by molar-refractivity contribution is 6.28. The third kappa shape index (κ3) is 4.79. The van der Waals surface area contributed by atoms with Crippen LogP contribution < -0.4 is 15.5 Å². The molecule has 0 bridgehead atoms. The zero-order chi connectivity index (χ0) is 20.2. The number of ether oxygens (including phenoxy) is 1. The molecular weight excluding hydrogens is 392 g/mol. The van der Waals surface area contributed by atoms with E-state index in [1.807, 2.05) is 55.5 Å². The largest absolute Gasteiger partial charge is 0.370 e. The van der Waals surface area contributed by atoms with Crippen molar-refractivity contribution in [1.82, 2.24) is 15.0 Å². The quantitative estimate of drug-likeness (QED) is 0.662. The van der Waals surface area contributed by atoms with Gasteiger partial charge in [-0.15, -0.1) is 0 Å². The summed E-state index contributed by atoms with van der Waals surface area (Å²) in [5.41, 5.74) is 3.59. The molecule has 1 fully saturated rings. The highest BCUT2D eigenvalue weighted by atomic mass is 35.5. The number of benzene rings is 2. The molecule has 2 N–H and O–H groups in total. The maximum Gasteiger partial charge on any atom is 0.253 e. The highest BCUT2D eigenvalue weighted by Crippen LogP contribution is 2.22. The topological polar surface area (TPSA) is 92.3 Å². The summed E-state index contributed by atoms with van der Waals surface area (Å²) in [7, 11) is 0. The van der Waals surface area contributed by atoms with Gasteiger partial charge in [0.15, 0.2) is 0 Å². The van der Waals surface area contributed by atoms with Crippen LogP contribution in [0.3, 0.4) is 0 Å². The Bertz CT molecular complexity index is 1010. The van der Waals surface area contributed by atoms with Crippen molar-refractivity contribution in [2.75, 3.05) is 35.3 Å². The number of anilines is 5. The van der Waals surface area contributed by atoms with E-state index in [-0.39, 0.29) is 17.8 Å². The molecule has 3 aromatic rings. The molecule has 1 aliphatic rings. The van der Waals surface area contributed by atoms with Crippen molar-refractivity contribution in [1.29, 1.82) is 0 Å². The van der Waals surface area contributed by atoms with Gasteiger partial charge in [0.05, 0.1) is 6.61 Å². The van der Waals surface area contributed by atoms with Crippen molar-refractivity contribution in [2.24, 2.45) is 0 Å². The molecule has 0 radical (unpaired) electrons. The second kappa shape index (κ2) is 8.42. The summed E-state index contributed by atoms with van der Waals surface area (Å²) in [4.78, 5) is 26.3. The minimum absolute atomic E-state index is 0.0481. The van der Waals surface area contributed by atoms with Gasteiger partial charge >= 0.3 is 0 Å². The number of morpholine rings is 1. The number of halogens is 1. The Kier molecular flexibility index (Phi) is 5.55. The lowest BCUT2D eigenvalue weighted by atomic mass is 10.2. The molecule has 2 heterocycles. The smallest absolute Gasteiger partial charge is 0.253 e. The monoisotopic (exact) mass is 410 g/mol. The van der Waals surface area contributed by atoms with E-state index in [2.05, 4.69) is 25.6 Å². The van der Waals surface area contributed by atoms with E-state index in [0.717, 1.165) is 22.6 Å². The summed E-state index contributed by atoms with van der Waals surface area (Å²) in [6.45, 7) is 3.21. The summed E-state index contributed by atoms with van der Waals surface area (Å²) in [5.74, 6) is 0.606. The second-order valence-corrected chi connectivity index (χ2v) is 6.85. The number of hydrogen-bond donors (Lipinski definition) is 2. The van der Waals surface area contributed by atoms with Gasteiger partial charge in [-0.05, 0) is 54.9 Å². The minimum atomic E-state index is -0.0481. The minimum Gasteiger partial charge on any atom is -0.370 e. The van der Waals surface area contributed by atoms with Gasteiger partial charge in [0.2, 0.25) is 17.2 Å². The van der Waals surface area contributed by atoms with Crippen LogP contribution in [0.25, 0.3) is 0 Å². The number of rotatable bonds is 5. The maximum absolute atomic E-state index is 12.0. The van der Waals surface area contributed by atoms with Crippen molar-refractivity contribution < 1.29 is 9.53 Å². The Morgan fingerprint density at radius 2 is 1.52 bits per heavy atom. The van der Waals surface area contributed by atoms with Gasteiger partial charge in [-0.2, -0.15) is 15.0 Å². The van der Waals surface area contributed by atoms with Crippen LogP contribution in [0.4, 0.5) is 29.0 Å². The van der Waals surface area contributed by atoms with E-state index >= 15 is 0 Å². The Balaban J connectivity index is 1.48. The molecule has 1 amide bonds. The Labute approximate surface area is 172 Å². The first kappa shape index (κ1) is 19.1. The number of carbonyl (C=O) groups is 1. The molecule has 0 atom stereocenters. The van der Waals surface area contributed by atoms with E-state index in [1.165, 1.54) is 0 Å². The fraction of sp³-hybridized carbons (Fsp3) is 0.200. The van der Waals surface area contributed by atoms with Gasteiger partial charge in [0.1, 0.15) is 6.61 Å². The first-order chi connectivity index (χ1) is 14.1. The van der Waals surface area contributed by atoms with Crippen molar-refractivity contribution in [3.05, 3.63) is 59.4 Å². The molecule has 1 saturated heterocycles. The third-order valence-corrected chi connectivity index (χ3v) is 4.51. The van der Waals surface area contributed by atoms with Crippen LogP contribution in [0.1, 0.15) is 5.56 Å². The van der Waals surface area contributed by atoms with Gasteiger partial charge in [0.25, 0.3) is 5.91 Å². The molecule has 1 aromatic heterocycles. The van der Waals surface area contributed by atoms with Crippen LogP contribution in [0.5, 0.6) is 0 Å². The standard InChI is InChI=1S/C20H19ClN6O2/c1-13-2-4-14(5-3-13)22-19-24-18(21)25-20(26-19)23-15-6-8-16(9-7-15)27-10-11-29-12-17(27)28/h2-9H,10-12H2,1H3,(H2,22,23,24,25,26). The van der Waals surface area contributed by atoms with E-state index in [4.69, 9.17) is 16.3 Å². The van der Waals surface area contributed by atoms with E-state index in [1.54, 1.807) is 4.90 Å². The molecule has 0 unspecified atom stereocenters. The Morgan fingerprint density at radius 1 is 0.931 bits per heavy atom. The molecular formula is C20H19ClN6O2. The van der Waals surface area contributed by atoms with Crippen LogP contribution in [0, 0.1) is 6.92 Å². The average molecular weight is 411 g/mol. The van der Waals surface area contributed by atoms with Crippen LogP contribution in [0.15, 0.2) is 48.5 Å². The zero-order valence-corrected chi connectivity index (χ0v) is 16.5. The van der Waals surface area contributed by atoms with Crippen LogP contribution >= 0.6 is 11.6 Å². The number of carbonyl (C=O) groups excluding carboxylic acids is 1. The van der Waals surface area contributed by atoms with Crippen LogP contribution in [-0.4, -0.2) is 40.6 Å². The second-order valence-electron chi connectivity index (χ2n) is 6.51. The van der Waals surface area contributed by atoms with E-state index in [0.29, 0.717) is 25.0 Å². The summed E-state index contributed by atoms with van der Waals surface area (Å²) in [5, 5.41) is 6.30. The molecule has 8 nitrogen and oxygen atoms in total. The molecule has 0 spiro atoms. The van der Waals surface area contributed by atoms with Crippen molar-refractivity contribution in [3.8, 4) is 0 Å². The number of aromatic nitrogens is 3. The third-order valence-electron chi connectivity index (χ3n) is 4.34. The van der Waals surface area contributed by atoms with Gasteiger partial charge in [-0.3, -0.25) is 4.79 Å². The lowest BCUT2D eigenvalue weighted by Gasteiger charge is -2.26. The van der Waals surface area contributed by atoms with Crippen LogP contribution in [0.2, 0.25) is 5.28 Å². The number of hydrogen-bond acceptors (Lipinski definition) is 7. The summed E-state index contributed by atoms with van der Waals surface area (Å²) < 4.78 is 5.16. The molecule has 1 aliphatic heterocycles. The number of nitrogens with zero attached hydrogens (tertiary/aromatic N) is 4. The number of aryl methyl sites for hydroxylation is 1. The first-order valence-corrected chi connectivity index (χ1v) is 9.45. The van der Waals surface area contributed by atoms with Crippen LogP contribution in [-0.2, 0) is 9.53 Å². The Morgan fingerprint density at radius 3 is 2.10 bits per heavy atom. The fourth-order valence-corrected chi connectivity index (χ4v) is 3.03. The molecule has 148 valence electrons. The SMILES string of the molecule is Cc1ccc(Nc2nc(Cl)nc(Nc3ccc(N4CCOCC4=O)cc3)n2)cc1. The molecule has 2 aromatic carbocycles. The molecule has 0 aliphatic carbocycles. The molecule has 0 saturated carbocycles. The normalized spacial score (nSPS) is 14.0. The highest BCUT2D eigenvalue weighted by Gasteiger charge is 2.19. The molecule has 9 heteroatoms. The van der Waals surface area contributed by atoms with Gasteiger partial charge in [-0.1, -0.05) is 17.7 Å². The predicted molar refractivity (Wildman–Crippen MR) is 112 cm³/mol. The lowest BCUT2D eigenvalue weighted by Crippen LogP contribution is -2.41. The molecule has 29 heavy (non-hydrogen) atoms. The Hall–Kier alpha value is -3.23. The number of amides is 1. The maximum atomic E-state index is 12.0. The summed E-state index contributed by atoms with van der Waals surface area (Å²) in [6, 6.07) is 15.3. The first-order valence-electron chi connectivity index (χ1n) is 9.07. The average Bonchev–Trinajstić information content (AvgIpc) is 2.70. The van der Waals surface area contributed by atoms with Gasteiger partial charge in [0, 0.05) is 23.6 Å². The van der Waals surface area contributed by atoms with Crippen molar-refractivity contribution in [2.45, 2.75) is 6.92 Å². The summed E-state index contributed by atoms with van der Waals surface area (Å²) in [6.07, 6.45) is 0. The van der Waals surface area contributed by atoms with Gasteiger partial charge in [-0.25, -0.2) is 0 Å². The fourth-order valence-electron chi connectivity index (χ4n) is 2.87. The van der Waals surface area contributed by atoms with Crippen molar-refractivity contribution in [3.63, 3.8) is 0 Å². The predicted octanol–water partition coefficient (Wildman–Crippen LogP) is 3.68. The number of nitrogens with one attached hydrogen (secondary N) is 2.